The summed E-state index contributed by atoms with van der Waals surface area (Å²) in [5.41, 5.74) is 4.03. The van der Waals surface area contributed by atoms with Gasteiger partial charge in [0.1, 0.15) is 5.75 Å². The summed E-state index contributed by atoms with van der Waals surface area (Å²) < 4.78 is 13.2. The fourth-order valence-corrected chi connectivity index (χ4v) is 5.73. The minimum absolute atomic E-state index is 0.0668. The third kappa shape index (κ3) is 6.47. The molecule has 3 aromatic rings. The van der Waals surface area contributed by atoms with Crippen LogP contribution in [0.3, 0.4) is 0 Å². The molecule has 210 valence electrons. The molecular weight excluding hydrogens is 617 g/mol. The van der Waals surface area contributed by atoms with Crippen LogP contribution in [0.15, 0.2) is 76.2 Å². The second-order valence-electron chi connectivity index (χ2n) is 9.89. The zero-order valence-electron chi connectivity index (χ0n) is 21.8. The summed E-state index contributed by atoms with van der Waals surface area (Å²) >= 11 is 16.4. The average molecular weight is 647 g/mol. The van der Waals surface area contributed by atoms with E-state index in [1.165, 1.54) is 0 Å². The molecule has 2 aliphatic heterocycles. The molecule has 1 fully saturated rings. The zero-order chi connectivity index (χ0) is 28.1. The number of aliphatic hydroxyl groups is 1. The van der Waals surface area contributed by atoms with E-state index in [2.05, 4.69) is 21.4 Å². The van der Waals surface area contributed by atoms with Crippen molar-refractivity contribution in [2.24, 2.45) is 4.99 Å². The van der Waals surface area contributed by atoms with Crippen molar-refractivity contribution >= 4 is 50.9 Å². The number of nitrogens with zero attached hydrogens (tertiary/aromatic N) is 2. The largest absolute Gasteiger partial charge is 0.494 e. The van der Waals surface area contributed by atoms with Gasteiger partial charge in [0.25, 0.3) is 5.91 Å². The number of halogens is 3. The number of ether oxygens (including phenoxy) is 2. The minimum atomic E-state index is -1.35. The van der Waals surface area contributed by atoms with Crippen molar-refractivity contribution in [2.45, 2.75) is 37.3 Å². The van der Waals surface area contributed by atoms with Crippen LogP contribution in [-0.4, -0.2) is 53.8 Å². The molecule has 2 N–H and O–H groups in total. The van der Waals surface area contributed by atoms with E-state index < -0.39 is 11.6 Å². The summed E-state index contributed by atoms with van der Waals surface area (Å²) in [5.74, 6) is 0.750. The normalized spacial score (nSPS) is 20.7. The molecule has 2 heterocycles. The first-order valence-electron chi connectivity index (χ1n) is 13.2. The van der Waals surface area contributed by atoms with Gasteiger partial charge in [-0.2, -0.15) is 0 Å². The monoisotopic (exact) mass is 645 g/mol. The van der Waals surface area contributed by atoms with Crippen molar-refractivity contribution in [2.75, 3.05) is 26.3 Å². The van der Waals surface area contributed by atoms with Crippen LogP contribution in [0.1, 0.15) is 42.1 Å². The molecule has 2 aliphatic rings. The van der Waals surface area contributed by atoms with Crippen molar-refractivity contribution in [3.05, 3.63) is 97.9 Å². The van der Waals surface area contributed by atoms with Crippen LogP contribution in [0, 0.1) is 0 Å². The van der Waals surface area contributed by atoms with Gasteiger partial charge < -0.3 is 14.6 Å². The number of hydrogen-bond donors (Lipinski definition) is 2. The molecular formula is C30H30BrCl2N3O4. The number of aliphatic imine (C=N–C) groups is 1. The van der Waals surface area contributed by atoms with E-state index in [-0.39, 0.29) is 18.9 Å². The molecule has 0 bridgehead atoms. The smallest absolute Gasteiger partial charge is 0.266 e. The summed E-state index contributed by atoms with van der Waals surface area (Å²) in [6.45, 7) is 2.04. The molecule has 0 saturated carbocycles. The lowest BCUT2D eigenvalue weighted by molar-refractivity contribution is -0.133. The van der Waals surface area contributed by atoms with Gasteiger partial charge in [0.15, 0.2) is 11.6 Å². The van der Waals surface area contributed by atoms with Crippen LogP contribution in [-0.2, 0) is 16.0 Å². The van der Waals surface area contributed by atoms with Crippen molar-refractivity contribution in [3.63, 3.8) is 0 Å². The van der Waals surface area contributed by atoms with E-state index in [0.717, 1.165) is 36.0 Å². The predicted octanol–water partition coefficient (Wildman–Crippen LogP) is 6.14. The Labute approximate surface area is 252 Å². The van der Waals surface area contributed by atoms with Crippen LogP contribution in [0.25, 0.3) is 0 Å². The molecule has 3 aromatic carbocycles. The van der Waals surface area contributed by atoms with Gasteiger partial charge in [-0.1, -0.05) is 57.3 Å². The SMILES string of the molecule is O=C(NN1CCCC1)[C@@]1(Cc2ccc(Br)cc2)N=C(c2ccc(OCCCO)cc2)O[C@H]1c1ccc(Cl)cc1Cl. The molecule has 5 rings (SSSR count). The van der Waals surface area contributed by atoms with Gasteiger partial charge in [-0.15, -0.1) is 0 Å². The number of rotatable bonds is 10. The summed E-state index contributed by atoms with van der Waals surface area (Å²) in [6, 6.07) is 20.4. The third-order valence-electron chi connectivity index (χ3n) is 7.03. The maximum atomic E-state index is 14.3. The van der Waals surface area contributed by atoms with Gasteiger partial charge in [0, 0.05) is 58.2 Å². The second-order valence-corrected chi connectivity index (χ2v) is 11.7. The zero-order valence-corrected chi connectivity index (χ0v) is 24.9. The lowest BCUT2D eigenvalue weighted by atomic mass is 9.82. The third-order valence-corrected chi connectivity index (χ3v) is 8.12. The Morgan fingerprint density at radius 1 is 1.10 bits per heavy atom. The minimum Gasteiger partial charge on any atom is -0.494 e. The average Bonchev–Trinajstić information content (AvgIpc) is 3.59. The van der Waals surface area contributed by atoms with Gasteiger partial charge in [-0.25, -0.2) is 10.0 Å². The molecule has 2 atom stereocenters. The maximum Gasteiger partial charge on any atom is 0.266 e. The Bertz CT molecular complexity index is 1360. The van der Waals surface area contributed by atoms with Gasteiger partial charge in [-0.3, -0.25) is 10.2 Å². The molecule has 0 spiro atoms. The number of amides is 1. The number of benzene rings is 3. The second kappa shape index (κ2) is 12.9. The van der Waals surface area contributed by atoms with Crippen LogP contribution in [0.5, 0.6) is 5.75 Å². The summed E-state index contributed by atoms with van der Waals surface area (Å²) in [6.07, 6.45) is 2.06. The van der Waals surface area contributed by atoms with E-state index in [1.807, 2.05) is 53.5 Å². The number of carbonyl (C=O) groups is 1. The summed E-state index contributed by atoms with van der Waals surface area (Å²) in [7, 11) is 0. The maximum absolute atomic E-state index is 14.3. The number of hydrazine groups is 1. The molecule has 0 aromatic heterocycles. The van der Waals surface area contributed by atoms with Gasteiger partial charge >= 0.3 is 0 Å². The Morgan fingerprint density at radius 3 is 2.50 bits per heavy atom. The van der Waals surface area contributed by atoms with Gasteiger partial charge in [0.2, 0.25) is 5.90 Å². The first-order valence-corrected chi connectivity index (χ1v) is 14.8. The molecule has 1 amide bonds. The highest BCUT2D eigenvalue weighted by molar-refractivity contribution is 9.10. The Hall–Kier alpha value is -2.62. The highest BCUT2D eigenvalue weighted by atomic mass is 79.9. The molecule has 1 saturated heterocycles. The van der Waals surface area contributed by atoms with Crippen molar-refractivity contribution in [1.29, 1.82) is 0 Å². The fourth-order valence-electron chi connectivity index (χ4n) is 4.96. The van der Waals surface area contributed by atoms with E-state index in [0.29, 0.717) is 45.8 Å². The molecule has 10 heteroatoms. The molecule has 0 radical (unpaired) electrons. The van der Waals surface area contributed by atoms with Gasteiger partial charge in [0.05, 0.1) is 6.61 Å². The van der Waals surface area contributed by atoms with E-state index in [4.69, 9.17) is 42.8 Å². The van der Waals surface area contributed by atoms with E-state index >= 15 is 0 Å². The predicted molar refractivity (Wildman–Crippen MR) is 160 cm³/mol. The van der Waals surface area contributed by atoms with E-state index in [9.17, 15) is 4.79 Å². The molecule has 7 nitrogen and oxygen atoms in total. The Kier molecular flexibility index (Phi) is 9.33. The lowest BCUT2D eigenvalue weighted by Crippen LogP contribution is -2.54. The fraction of sp³-hybridized carbons (Fsp3) is 0.333. The number of aliphatic hydroxyl groups excluding tert-OH is 1. The van der Waals surface area contributed by atoms with Crippen molar-refractivity contribution < 1.29 is 19.4 Å². The van der Waals surface area contributed by atoms with Crippen LogP contribution in [0.2, 0.25) is 10.0 Å². The first-order chi connectivity index (χ1) is 19.4. The standard InChI is InChI=1S/C30H30BrCl2N3O4/c31-22-8-4-20(5-9-22)19-30(29(38)35-36-14-1-2-15-36)27(25-13-10-23(32)18-26(25)33)40-28(34-30)21-6-11-24(12-7-21)39-17-3-16-37/h4-13,18,27,37H,1-3,14-17,19H2,(H,35,38)/t27-,30-/m0/s1. The Balaban J connectivity index is 1.57. The number of nitrogens with one attached hydrogen (secondary N) is 1. The highest BCUT2D eigenvalue weighted by Crippen LogP contribution is 2.45. The quantitative estimate of drug-likeness (QED) is 0.259. The van der Waals surface area contributed by atoms with E-state index in [1.54, 1.807) is 18.2 Å². The van der Waals surface area contributed by atoms with Crippen LogP contribution >= 0.6 is 39.1 Å². The molecule has 0 unspecified atom stereocenters. The Morgan fingerprint density at radius 2 is 1.82 bits per heavy atom. The van der Waals surface area contributed by atoms with Crippen LogP contribution in [0.4, 0.5) is 0 Å². The van der Waals surface area contributed by atoms with Crippen molar-refractivity contribution in [1.82, 2.24) is 10.4 Å². The highest BCUT2D eigenvalue weighted by Gasteiger charge is 2.54. The van der Waals surface area contributed by atoms with Gasteiger partial charge in [-0.05, 0) is 66.9 Å². The first kappa shape index (κ1) is 28.9. The summed E-state index contributed by atoms with van der Waals surface area (Å²) in [4.78, 5) is 19.3. The van der Waals surface area contributed by atoms with Crippen LogP contribution < -0.4 is 10.2 Å². The number of hydrogen-bond acceptors (Lipinski definition) is 6. The number of carbonyl (C=O) groups excluding carboxylic acids is 1. The van der Waals surface area contributed by atoms with Crippen molar-refractivity contribution in [3.8, 4) is 5.75 Å². The molecule has 0 aliphatic carbocycles. The lowest BCUT2D eigenvalue weighted by Gasteiger charge is -2.33. The topological polar surface area (TPSA) is 83.4 Å². The summed E-state index contributed by atoms with van der Waals surface area (Å²) in [5, 5.41) is 11.9. The molecule has 40 heavy (non-hydrogen) atoms.